The lowest BCUT2D eigenvalue weighted by molar-refractivity contribution is 0.555. The average Bonchev–Trinajstić information content (AvgIpc) is 2.85. The van der Waals surface area contributed by atoms with Gasteiger partial charge in [0.05, 0.1) is 12.7 Å². The lowest BCUT2D eigenvalue weighted by Gasteiger charge is -2.28. The summed E-state index contributed by atoms with van der Waals surface area (Å²) in [5.74, 6) is 1.55. The number of fused-ring (bicyclic) bond motifs is 1. The predicted molar refractivity (Wildman–Crippen MR) is 57.8 cm³/mol. The molecular formula is C10H9N7. The van der Waals surface area contributed by atoms with Crippen molar-refractivity contribution < 1.29 is 0 Å². The third-order valence-corrected chi connectivity index (χ3v) is 2.75. The molecule has 1 aliphatic rings. The van der Waals surface area contributed by atoms with Crippen LogP contribution in [0, 0.1) is 11.3 Å². The zero-order valence-corrected chi connectivity index (χ0v) is 8.98. The third kappa shape index (κ3) is 1.59. The van der Waals surface area contributed by atoms with E-state index >= 15 is 0 Å². The number of nitriles is 1. The van der Waals surface area contributed by atoms with Crippen molar-refractivity contribution in [3.8, 4) is 6.07 Å². The molecule has 0 aliphatic carbocycles. The molecule has 0 saturated carbocycles. The Balaban J connectivity index is 1.95. The summed E-state index contributed by atoms with van der Waals surface area (Å²) in [5.41, 5.74) is 0.487. The van der Waals surface area contributed by atoms with Crippen molar-refractivity contribution in [3.05, 3.63) is 30.2 Å². The molecule has 0 amide bonds. The average molecular weight is 227 g/mol. The van der Waals surface area contributed by atoms with E-state index in [0.29, 0.717) is 17.9 Å². The maximum Gasteiger partial charge on any atom is 0.152 e. The summed E-state index contributed by atoms with van der Waals surface area (Å²) in [4.78, 5) is 10.0. The first kappa shape index (κ1) is 9.72. The molecule has 2 aromatic rings. The monoisotopic (exact) mass is 227 g/mol. The highest BCUT2D eigenvalue weighted by Crippen LogP contribution is 2.20. The van der Waals surface area contributed by atoms with Gasteiger partial charge in [0.15, 0.2) is 5.82 Å². The topological polar surface area (TPSA) is 83.5 Å². The second-order valence-electron chi connectivity index (χ2n) is 3.73. The summed E-state index contributed by atoms with van der Waals surface area (Å²) >= 11 is 0. The van der Waals surface area contributed by atoms with Crippen molar-refractivity contribution in [3.63, 3.8) is 0 Å². The Morgan fingerprint density at radius 1 is 1.35 bits per heavy atom. The molecule has 84 valence electrons. The van der Waals surface area contributed by atoms with Crippen molar-refractivity contribution in [2.45, 2.75) is 13.1 Å². The molecule has 3 heterocycles. The van der Waals surface area contributed by atoms with Crippen LogP contribution >= 0.6 is 0 Å². The van der Waals surface area contributed by atoms with Crippen LogP contribution < -0.4 is 4.90 Å². The largest absolute Gasteiger partial charge is 0.346 e. The lowest BCUT2D eigenvalue weighted by atomic mass is 10.2. The van der Waals surface area contributed by atoms with Crippen LogP contribution in [0.5, 0.6) is 0 Å². The van der Waals surface area contributed by atoms with Gasteiger partial charge >= 0.3 is 0 Å². The minimum atomic E-state index is 0.487. The number of rotatable bonds is 1. The van der Waals surface area contributed by atoms with Gasteiger partial charge in [0.25, 0.3) is 0 Å². The van der Waals surface area contributed by atoms with Gasteiger partial charge in [-0.3, -0.25) is 0 Å². The van der Waals surface area contributed by atoms with Crippen molar-refractivity contribution in [1.82, 2.24) is 24.7 Å². The smallest absolute Gasteiger partial charge is 0.152 e. The van der Waals surface area contributed by atoms with Gasteiger partial charge in [-0.1, -0.05) is 0 Å². The maximum atomic E-state index is 9.01. The van der Waals surface area contributed by atoms with Gasteiger partial charge in [-0.25, -0.2) is 9.97 Å². The van der Waals surface area contributed by atoms with Crippen molar-refractivity contribution >= 4 is 5.82 Å². The highest BCUT2D eigenvalue weighted by molar-refractivity contribution is 5.52. The number of nitrogens with zero attached hydrogens (tertiary/aromatic N) is 7. The zero-order chi connectivity index (χ0) is 11.7. The fourth-order valence-corrected chi connectivity index (χ4v) is 1.90. The van der Waals surface area contributed by atoms with E-state index in [0.717, 1.165) is 18.9 Å². The Kier molecular flexibility index (Phi) is 2.19. The summed E-state index contributed by atoms with van der Waals surface area (Å²) < 4.78 is 2.00. The van der Waals surface area contributed by atoms with E-state index < -0.39 is 0 Å². The Morgan fingerprint density at radius 3 is 3.18 bits per heavy atom. The highest BCUT2D eigenvalue weighted by Gasteiger charge is 2.20. The summed E-state index contributed by atoms with van der Waals surface area (Å²) in [5, 5.41) is 16.9. The minimum absolute atomic E-state index is 0.487. The SMILES string of the molecule is N#Cc1cncnc1N1CCn2cnnc2C1. The molecule has 0 spiro atoms. The number of hydrogen-bond donors (Lipinski definition) is 0. The quantitative estimate of drug-likeness (QED) is 0.679. The molecule has 17 heavy (non-hydrogen) atoms. The van der Waals surface area contributed by atoms with Crippen molar-refractivity contribution in [2.75, 3.05) is 11.4 Å². The molecule has 2 aromatic heterocycles. The normalized spacial score (nSPS) is 14.2. The van der Waals surface area contributed by atoms with E-state index in [1.54, 1.807) is 6.33 Å². The standard InChI is InChI=1S/C10H9N7/c11-3-8-4-12-6-13-10(8)16-1-2-17-7-14-15-9(17)5-16/h4,6-7H,1-2,5H2. The molecule has 7 nitrogen and oxygen atoms in total. The van der Waals surface area contributed by atoms with Crippen LogP contribution in [0.2, 0.25) is 0 Å². The van der Waals surface area contributed by atoms with Crippen LogP contribution in [0.4, 0.5) is 5.82 Å². The van der Waals surface area contributed by atoms with E-state index in [4.69, 9.17) is 5.26 Å². The lowest BCUT2D eigenvalue weighted by Crippen LogP contribution is -2.34. The molecule has 0 bridgehead atoms. The second kappa shape index (κ2) is 3.83. The fraction of sp³-hybridized carbons (Fsp3) is 0.300. The summed E-state index contributed by atoms with van der Waals surface area (Å²) in [6, 6.07) is 2.10. The molecule has 7 heteroatoms. The first-order valence-corrected chi connectivity index (χ1v) is 5.20. The van der Waals surface area contributed by atoms with Crippen molar-refractivity contribution in [1.29, 1.82) is 5.26 Å². The van der Waals surface area contributed by atoms with Gasteiger partial charge in [0, 0.05) is 13.1 Å². The molecule has 0 N–H and O–H groups in total. The molecule has 0 fully saturated rings. The Hall–Kier alpha value is -2.49. The number of anilines is 1. The second-order valence-corrected chi connectivity index (χ2v) is 3.73. The summed E-state index contributed by atoms with van der Waals surface area (Å²) in [6.45, 7) is 2.21. The molecule has 3 rings (SSSR count). The van der Waals surface area contributed by atoms with Gasteiger partial charge in [0.1, 0.15) is 30.1 Å². The van der Waals surface area contributed by atoms with Crippen molar-refractivity contribution in [2.24, 2.45) is 0 Å². The van der Waals surface area contributed by atoms with Crippen LogP contribution in [0.1, 0.15) is 11.4 Å². The van der Waals surface area contributed by atoms with Gasteiger partial charge in [0.2, 0.25) is 0 Å². The van der Waals surface area contributed by atoms with E-state index in [-0.39, 0.29) is 0 Å². The van der Waals surface area contributed by atoms with Gasteiger partial charge in [-0.2, -0.15) is 5.26 Å². The summed E-state index contributed by atoms with van der Waals surface area (Å²) in [6.07, 6.45) is 4.70. The van der Waals surface area contributed by atoms with Gasteiger partial charge < -0.3 is 9.47 Å². The molecule has 0 saturated heterocycles. The van der Waals surface area contributed by atoms with Crippen LogP contribution in [0.25, 0.3) is 0 Å². The fourth-order valence-electron chi connectivity index (χ4n) is 1.90. The molecule has 0 aromatic carbocycles. The Labute approximate surface area is 97.4 Å². The third-order valence-electron chi connectivity index (χ3n) is 2.75. The molecule has 0 radical (unpaired) electrons. The summed E-state index contributed by atoms with van der Waals surface area (Å²) in [7, 11) is 0. The maximum absolute atomic E-state index is 9.01. The zero-order valence-electron chi connectivity index (χ0n) is 8.98. The van der Waals surface area contributed by atoms with E-state index in [9.17, 15) is 0 Å². The van der Waals surface area contributed by atoms with Crippen LogP contribution in [-0.4, -0.2) is 31.3 Å². The Bertz CT molecular complexity index is 582. The van der Waals surface area contributed by atoms with Crippen LogP contribution in [0.3, 0.4) is 0 Å². The van der Waals surface area contributed by atoms with E-state index in [1.807, 2.05) is 9.47 Å². The van der Waals surface area contributed by atoms with E-state index in [2.05, 4.69) is 26.2 Å². The van der Waals surface area contributed by atoms with Gasteiger partial charge in [-0.15, -0.1) is 10.2 Å². The van der Waals surface area contributed by atoms with Crippen LogP contribution in [0.15, 0.2) is 18.9 Å². The van der Waals surface area contributed by atoms with E-state index in [1.165, 1.54) is 12.5 Å². The predicted octanol–water partition coefficient (Wildman–Crippen LogP) is -0.0400. The molecule has 0 unspecified atom stereocenters. The first-order valence-electron chi connectivity index (χ1n) is 5.20. The highest BCUT2D eigenvalue weighted by atomic mass is 15.3. The number of aromatic nitrogens is 5. The molecule has 1 aliphatic heterocycles. The molecule has 0 atom stereocenters. The Morgan fingerprint density at radius 2 is 2.29 bits per heavy atom. The number of hydrogen-bond acceptors (Lipinski definition) is 6. The minimum Gasteiger partial charge on any atom is -0.346 e. The first-order chi connectivity index (χ1) is 8.38. The molecular weight excluding hydrogens is 218 g/mol. The van der Waals surface area contributed by atoms with Crippen LogP contribution in [-0.2, 0) is 13.1 Å². The van der Waals surface area contributed by atoms with Gasteiger partial charge in [-0.05, 0) is 0 Å².